The third kappa shape index (κ3) is 5.66. The van der Waals surface area contributed by atoms with Crippen molar-refractivity contribution in [3.05, 3.63) is 29.6 Å². The molecule has 0 atom stereocenters. The third-order valence-electron chi connectivity index (χ3n) is 2.34. The summed E-state index contributed by atoms with van der Waals surface area (Å²) in [6.45, 7) is 3.95. The number of halogens is 1. The molecule has 4 N–H and O–H groups in total. The van der Waals surface area contributed by atoms with Gasteiger partial charge in [0.1, 0.15) is 11.6 Å². The van der Waals surface area contributed by atoms with Gasteiger partial charge in [-0.15, -0.1) is 0 Å². The smallest absolute Gasteiger partial charge is 0.318 e. The van der Waals surface area contributed by atoms with Gasteiger partial charge < -0.3 is 15.8 Å². The second-order valence-electron chi connectivity index (χ2n) is 4.49. The SMILES string of the molecule is CC(C)NCc1cc(F)ccc1OCC(=O)NC(N)=O. The van der Waals surface area contributed by atoms with Gasteiger partial charge in [-0.1, -0.05) is 13.8 Å². The first kappa shape index (κ1) is 15.9. The second-order valence-corrected chi connectivity index (χ2v) is 4.49. The number of nitrogens with two attached hydrogens (primary N) is 1. The van der Waals surface area contributed by atoms with Crippen LogP contribution in [0.25, 0.3) is 0 Å². The largest absolute Gasteiger partial charge is 0.483 e. The van der Waals surface area contributed by atoms with Crippen molar-refractivity contribution in [3.63, 3.8) is 0 Å². The van der Waals surface area contributed by atoms with E-state index in [1.165, 1.54) is 18.2 Å². The number of hydrogen-bond acceptors (Lipinski definition) is 4. The second kappa shape index (κ2) is 7.44. The Morgan fingerprint density at radius 3 is 2.70 bits per heavy atom. The van der Waals surface area contributed by atoms with Gasteiger partial charge in [0.05, 0.1) is 0 Å². The Morgan fingerprint density at radius 2 is 2.10 bits per heavy atom. The molecule has 1 aromatic carbocycles. The van der Waals surface area contributed by atoms with Crippen LogP contribution < -0.4 is 21.1 Å². The minimum Gasteiger partial charge on any atom is -0.483 e. The first-order valence-electron chi connectivity index (χ1n) is 6.12. The van der Waals surface area contributed by atoms with Gasteiger partial charge in [0, 0.05) is 18.2 Å². The monoisotopic (exact) mass is 283 g/mol. The maximum absolute atomic E-state index is 13.2. The summed E-state index contributed by atoms with van der Waals surface area (Å²) < 4.78 is 18.5. The molecule has 0 aromatic heterocycles. The van der Waals surface area contributed by atoms with Crippen molar-refractivity contribution in [1.29, 1.82) is 0 Å². The molecule has 1 rings (SSSR count). The van der Waals surface area contributed by atoms with Crippen LogP contribution in [0.3, 0.4) is 0 Å². The zero-order valence-corrected chi connectivity index (χ0v) is 11.4. The van der Waals surface area contributed by atoms with E-state index in [2.05, 4.69) is 5.32 Å². The fourth-order valence-electron chi connectivity index (χ4n) is 1.46. The molecule has 3 amide bonds. The number of hydrogen-bond donors (Lipinski definition) is 3. The van der Waals surface area contributed by atoms with E-state index in [1.807, 2.05) is 19.2 Å². The minimum atomic E-state index is -0.945. The van der Waals surface area contributed by atoms with E-state index < -0.39 is 11.9 Å². The number of carbonyl (C=O) groups excluding carboxylic acids is 2. The minimum absolute atomic E-state index is 0.226. The predicted octanol–water partition coefficient (Wildman–Crippen LogP) is 0.897. The van der Waals surface area contributed by atoms with Crippen molar-refractivity contribution in [2.24, 2.45) is 5.73 Å². The summed E-state index contributed by atoms with van der Waals surface area (Å²) in [7, 11) is 0. The summed E-state index contributed by atoms with van der Waals surface area (Å²) in [6, 6.07) is 3.28. The summed E-state index contributed by atoms with van der Waals surface area (Å²) in [4.78, 5) is 21.7. The van der Waals surface area contributed by atoms with Crippen molar-refractivity contribution in [2.45, 2.75) is 26.4 Å². The lowest BCUT2D eigenvalue weighted by Gasteiger charge is -2.13. The topological polar surface area (TPSA) is 93.4 Å². The number of rotatable bonds is 6. The van der Waals surface area contributed by atoms with E-state index in [0.29, 0.717) is 17.9 Å². The Labute approximate surface area is 116 Å². The standard InChI is InChI=1S/C13H18FN3O3/c1-8(2)16-6-9-5-10(14)3-4-11(9)20-7-12(18)17-13(15)19/h3-5,8,16H,6-7H2,1-2H3,(H3,15,17,18,19). The molecule has 0 saturated heterocycles. The molecule has 0 spiro atoms. The maximum atomic E-state index is 13.2. The maximum Gasteiger partial charge on any atom is 0.318 e. The van der Waals surface area contributed by atoms with Gasteiger partial charge in [0.15, 0.2) is 6.61 Å². The molecule has 0 radical (unpaired) electrons. The normalized spacial score (nSPS) is 10.4. The molecule has 0 aliphatic rings. The molecule has 20 heavy (non-hydrogen) atoms. The number of imide groups is 1. The number of nitrogens with one attached hydrogen (secondary N) is 2. The molecule has 7 heteroatoms. The first-order valence-corrected chi connectivity index (χ1v) is 6.12. The fourth-order valence-corrected chi connectivity index (χ4v) is 1.46. The fraction of sp³-hybridized carbons (Fsp3) is 0.385. The van der Waals surface area contributed by atoms with Gasteiger partial charge in [-0.05, 0) is 18.2 Å². The Bertz CT molecular complexity index is 492. The average Bonchev–Trinajstić information content (AvgIpc) is 2.34. The van der Waals surface area contributed by atoms with Gasteiger partial charge in [0.25, 0.3) is 5.91 Å². The van der Waals surface area contributed by atoms with Crippen LogP contribution in [0.1, 0.15) is 19.4 Å². The Balaban J connectivity index is 2.68. The number of amides is 3. The van der Waals surface area contributed by atoms with Gasteiger partial charge in [0.2, 0.25) is 0 Å². The lowest BCUT2D eigenvalue weighted by atomic mass is 10.2. The van der Waals surface area contributed by atoms with Gasteiger partial charge in [-0.25, -0.2) is 9.18 Å². The number of urea groups is 1. The molecule has 0 saturated carbocycles. The molecule has 0 unspecified atom stereocenters. The first-order chi connectivity index (χ1) is 9.38. The molecule has 110 valence electrons. The van der Waals surface area contributed by atoms with Crippen LogP contribution in [-0.4, -0.2) is 24.6 Å². The molecular weight excluding hydrogens is 265 g/mol. The van der Waals surface area contributed by atoms with Gasteiger partial charge in [-0.2, -0.15) is 0 Å². The van der Waals surface area contributed by atoms with Crippen molar-refractivity contribution >= 4 is 11.9 Å². The highest BCUT2D eigenvalue weighted by Crippen LogP contribution is 2.19. The van der Waals surface area contributed by atoms with E-state index in [-0.39, 0.29) is 18.5 Å². The van der Waals surface area contributed by atoms with E-state index >= 15 is 0 Å². The van der Waals surface area contributed by atoms with Crippen LogP contribution in [0.5, 0.6) is 5.75 Å². The van der Waals surface area contributed by atoms with E-state index in [0.717, 1.165) is 0 Å². The highest BCUT2D eigenvalue weighted by molar-refractivity contribution is 5.94. The van der Waals surface area contributed by atoms with Gasteiger partial charge in [-0.3, -0.25) is 10.1 Å². The van der Waals surface area contributed by atoms with Crippen LogP contribution in [0.4, 0.5) is 9.18 Å². The van der Waals surface area contributed by atoms with E-state index in [4.69, 9.17) is 10.5 Å². The lowest BCUT2D eigenvalue weighted by molar-refractivity contribution is -0.121. The Hall–Kier alpha value is -2.15. The van der Waals surface area contributed by atoms with Gasteiger partial charge >= 0.3 is 6.03 Å². The van der Waals surface area contributed by atoms with E-state index in [9.17, 15) is 14.0 Å². The van der Waals surface area contributed by atoms with Crippen molar-refractivity contribution in [1.82, 2.24) is 10.6 Å². The van der Waals surface area contributed by atoms with Crippen LogP contribution in [-0.2, 0) is 11.3 Å². The molecule has 6 nitrogen and oxygen atoms in total. The number of carbonyl (C=O) groups is 2. The molecule has 0 heterocycles. The lowest BCUT2D eigenvalue weighted by Crippen LogP contribution is -2.38. The quantitative estimate of drug-likeness (QED) is 0.723. The predicted molar refractivity (Wildman–Crippen MR) is 71.6 cm³/mol. The molecule has 0 fully saturated rings. The molecular formula is C13H18FN3O3. The zero-order valence-electron chi connectivity index (χ0n) is 11.4. The number of ether oxygens (including phenoxy) is 1. The molecule has 0 aliphatic carbocycles. The summed E-state index contributed by atoms with van der Waals surface area (Å²) in [5.41, 5.74) is 5.40. The summed E-state index contributed by atoms with van der Waals surface area (Å²) in [5.74, 6) is -0.678. The Morgan fingerprint density at radius 1 is 1.40 bits per heavy atom. The number of primary amides is 1. The average molecular weight is 283 g/mol. The Kier molecular flexibility index (Phi) is 5.92. The van der Waals surface area contributed by atoms with Crippen molar-refractivity contribution in [3.8, 4) is 5.75 Å². The van der Waals surface area contributed by atoms with E-state index in [1.54, 1.807) is 0 Å². The van der Waals surface area contributed by atoms with Crippen molar-refractivity contribution < 1.29 is 18.7 Å². The molecule has 0 bridgehead atoms. The van der Waals surface area contributed by atoms with Crippen LogP contribution >= 0.6 is 0 Å². The number of benzene rings is 1. The third-order valence-corrected chi connectivity index (χ3v) is 2.34. The highest BCUT2D eigenvalue weighted by Gasteiger charge is 2.09. The molecule has 1 aromatic rings. The zero-order chi connectivity index (χ0) is 15.1. The summed E-state index contributed by atoms with van der Waals surface area (Å²) in [6.07, 6.45) is 0. The molecule has 0 aliphatic heterocycles. The summed E-state index contributed by atoms with van der Waals surface area (Å²) >= 11 is 0. The van der Waals surface area contributed by atoms with Crippen LogP contribution in [0, 0.1) is 5.82 Å². The highest BCUT2D eigenvalue weighted by atomic mass is 19.1. The van der Waals surface area contributed by atoms with Crippen molar-refractivity contribution in [2.75, 3.05) is 6.61 Å². The summed E-state index contributed by atoms with van der Waals surface area (Å²) in [5, 5.41) is 5.01. The van der Waals surface area contributed by atoms with Crippen LogP contribution in [0.15, 0.2) is 18.2 Å². The van der Waals surface area contributed by atoms with Crippen LogP contribution in [0.2, 0.25) is 0 Å².